The number of nitrogens with zero attached hydrogens (tertiary/aromatic N) is 3. The molecule has 8 heteroatoms. The first kappa shape index (κ1) is 18.2. The zero-order chi connectivity index (χ0) is 20.2. The maximum atomic E-state index is 13.0. The molecule has 0 aromatic heterocycles. The van der Waals surface area contributed by atoms with Crippen LogP contribution in [0, 0.1) is 32.8 Å². The Hall–Kier alpha value is -3.21. The van der Waals surface area contributed by atoms with Crippen LogP contribution in [0.4, 0.5) is 5.69 Å². The summed E-state index contributed by atoms with van der Waals surface area (Å²) in [6, 6.07) is 5.04. The molecule has 2 aliphatic heterocycles. The van der Waals surface area contributed by atoms with E-state index in [1.54, 1.807) is 6.92 Å². The number of carbonyl (C=O) groups excluding carboxylic acids is 1. The van der Waals surface area contributed by atoms with E-state index in [1.165, 1.54) is 12.1 Å². The summed E-state index contributed by atoms with van der Waals surface area (Å²) in [6.07, 6.45) is 0.895. The van der Waals surface area contributed by atoms with Gasteiger partial charge < -0.3 is 9.47 Å². The highest BCUT2D eigenvalue weighted by Gasteiger charge is 2.45. The number of allylic oxidation sites excluding steroid dienone is 2. The van der Waals surface area contributed by atoms with E-state index in [4.69, 9.17) is 9.47 Å². The average Bonchev–Trinajstić information content (AvgIpc) is 3.05. The number of aliphatic imine (C=N–C) groups is 1. The van der Waals surface area contributed by atoms with Crippen molar-refractivity contribution >= 4 is 17.2 Å². The van der Waals surface area contributed by atoms with E-state index in [2.05, 4.69) is 11.1 Å². The van der Waals surface area contributed by atoms with Crippen molar-refractivity contribution in [2.45, 2.75) is 39.5 Å². The fraction of sp³-hybridized carbons (Fsp3) is 0.450. The van der Waals surface area contributed by atoms with Gasteiger partial charge >= 0.3 is 0 Å². The summed E-state index contributed by atoms with van der Waals surface area (Å²) < 4.78 is 10.7. The van der Waals surface area contributed by atoms with E-state index in [0.29, 0.717) is 35.6 Å². The van der Waals surface area contributed by atoms with E-state index in [0.717, 1.165) is 0 Å². The van der Waals surface area contributed by atoms with Gasteiger partial charge in [0.15, 0.2) is 17.3 Å². The van der Waals surface area contributed by atoms with Gasteiger partial charge in [-0.25, -0.2) is 0 Å². The lowest BCUT2D eigenvalue weighted by molar-refractivity contribution is -0.385. The Kier molecular flexibility index (Phi) is 4.00. The molecule has 0 N–H and O–H groups in total. The minimum Gasteiger partial charge on any atom is -0.454 e. The number of ketones is 1. The fourth-order valence-corrected chi connectivity index (χ4v) is 4.30. The van der Waals surface area contributed by atoms with Gasteiger partial charge in [0.05, 0.1) is 23.0 Å². The summed E-state index contributed by atoms with van der Waals surface area (Å²) in [4.78, 5) is 28.9. The molecule has 28 heavy (non-hydrogen) atoms. The van der Waals surface area contributed by atoms with Crippen LogP contribution in [0.25, 0.3) is 0 Å². The first-order valence-electron chi connectivity index (χ1n) is 9.01. The number of carbonyl (C=O) groups is 1. The molecule has 2 heterocycles. The Morgan fingerprint density at radius 3 is 2.61 bits per heavy atom. The molecule has 1 aromatic rings. The van der Waals surface area contributed by atoms with Crippen LogP contribution < -0.4 is 9.47 Å². The predicted octanol–water partition coefficient (Wildman–Crippen LogP) is 3.66. The quantitative estimate of drug-likeness (QED) is 0.570. The van der Waals surface area contributed by atoms with Crippen LogP contribution in [0.5, 0.6) is 11.5 Å². The maximum Gasteiger partial charge on any atom is 0.277 e. The molecule has 3 aliphatic rings. The van der Waals surface area contributed by atoms with Crippen LogP contribution in [-0.4, -0.2) is 23.2 Å². The first-order valence-corrected chi connectivity index (χ1v) is 9.01. The second kappa shape index (κ2) is 6.16. The van der Waals surface area contributed by atoms with Gasteiger partial charge in [0.2, 0.25) is 6.79 Å². The number of benzene rings is 1. The molecule has 0 fully saturated rings. The van der Waals surface area contributed by atoms with Gasteiger partial charge in [-0.15, -0.1) is 0 Å². The van der Waals surface area contributed by atoms with Crippen LogP contribution in [0.1, 0.15) is 45.1 Å². The average molecular weight is 381 g/mol. The SMILES string of the molecule is CC1=NC2=C(C(=O)CC(C)(C)C2)[C@H](c2cc3c(cc2[N+](=O)[O-])OCO3)C1C#N. The summed E-state index contributed by atoms with van der Waals surface area (Å²) in [5.41, 5.74) is 1.46. The standard InChI is InChI=1S/C20H19N3O5/c1-10-12(8-21)18(19-13(22-10)6-20(2,3)7-15(19)24)11-4-16-17(28-9-27-16)5-14(11)23(25)26/h4-5,12,18H,6-7,9H2,1-3H3/t12?,18-/m1/s1. The van der Waals surface area contributed by atoms with E-state index in [-0.39, 0.29) is 35.0 Å². The van der Waals surface area contributed by atoms with Crippen molar-refractivity contribution in [1.29, 1.82) is 5.26 Å². The summed E-state index contributed by atoms with van der Waals surface area (Å²) in [7, 11) is 0. The minimum atomic E-state index is -0.761. The highest BCUT2D eigenvalue weighted by atomic mass is 16.7. The molecular formula is C20H19N3O5. The van der Waals surface area contributed by atoms with Gasteiger partial charge in [-0.3, -0.25) is 19.9 Å². The number of Topliss-reactive ketones (excluding diaryl/α,β-unsaturated/α-hetero) is 1. The number of nitriles is 1. The Morgan fingerprint density at radius 2 is 1.96 bits per heavy atom. The lowest BCUT2D eigenvalue weighted by atomic mass is 9.67. The first-order chi connectivity index (χ1) is 13.2. The van der Waals surface area contributed by atoms with Crippen LogP contribution in [0.15, 0.2) is 28.4 Å². The van der Waals surface area contributed by atoms with Crippen molar-refractivity contribution in [2.75, 3.05) is 6.79 Å². The molecule has 0 saturated heterocycles. The molecule has 0 saturated carbocycles. The highest BCUT2D eigenvalue weighted by molar-refractivity contribution is 6.03. The molecule has 144 valence electrons. The van der Waals surface area contributed by atoms with Crippen molar-refractivity contribution < 1.29 is 19.2 Å². The Morgan fingerprint density at radius 1 is 1.29 bits per heavy atom. The smallest absolute Gasteiger partial charge is 0.277 e. The van der Waals surface area contributed by atoms with Crippen LogP contribution in [-0.2, 0) is 4.79 Å². The summed E-state index contributed by atoms with van der Waals surface area (Å²) >= 11 is 0. The van der Waals surface area contributed by atoms with Crippen molar-refractivity contribution in [2.24, 2.45) is 16.3 Å². The number of nitro groups is 1. The molecule has 0 amide bonds. The van der Waals surface area contributed by atoms with Gasteiger partial charge in [0.1, 0.15) is 0 Å². The lowest BCUT2D eigenvalue weighted by Crippen LogP contribution is -2.35. The number of ether oxygens (including phenoxy) is 2. The van der Waals surface area contributed by atoms with Crippen LogP contribution in [0.2, 0.25) is 0 Å². The Labute approximate surface area is 161 Å². The van der Waals surface area contributed by atoms with Gasteiger partial charge in [-0.05, 0) is 24.8 Å². The van der Waals surface area contributed by atoms with Gasteiger partial charge in [-0.2, -0.15) is 5.26 Å². The van der Waals surface area contributed by atoms with Crippen molar-refractivity contribution in [3.63, 3.8) is 0 Å². The second-order valence-corrected chi connectivity index (χ2v) is 8.16. The van der Waals surface area contributed by atoms with E-state index >= 15 is 0 Å². The fourth-order valence-electron chi connectivity index (χ4n) is 4.30. The number of nitro benzene ring substituents is 1. The van der Waals surface area contributed by atoms with Gasteiger partial charge in [-0.1, -0.05) is 13.8 Å². The highest BCUT2D eigenvalue weighted by Crippen LogP contribution is 2.51. The molecule has 1 aromatic carbocycles. The largest absolute Gasteiger partial charge is 0.454 e. The normalized spacial score (nSPS) is 25.1. The molecular weight excluding hydrogens is 362 g/mol. The van der Waals surface area contributed by atoms with Crippen LogP contribution >= 0.6 is 0 Å². The monoisotopic (exact) mass is 381 g/mol. The molecule has 1 aliphatic carbocycles. The van der Waals surface area contributed by atoms with E-state index in [1.807, 2.05) is 13.8 Å². The summed E-state index contributed by atoms with van der Waals surface area (Å²) in [5.74, 6) is -0.961. The molecule has 8 nitrogen and oxygen atoms in total. The molecule has 4 rings (SSSR count). The van der Waals surface area contributed by atoms with Crippen molar-refractivity contribution in [3.05, 3.63) is 39.1 Å². The lowest BCUT2D eigenvalue weighted by Gasteiger charge is -2.37. The maximum absolute atomic E-state index is 13.0. The molecule has 1 unspecified atom stereocenters. The van der Waals surface area contributed by atoms with Gasteiger partial charge in [0.25, 0.3) is 5.69 Å². The number of fused-ring (bicyclic) bond motifs is 1. The topological polar surface area (TPSA) is 115 Å². The summed E-state index contributed by atoms with van der Waals surface area (Å²) in [5, 5.41) is 21.6. The molecule has 0 radical (unpaired) electrons. The van der Waals surface area contributed by atoms with Crippen molar-refractivity contribution in [3.8, 4) is 17.6 Å². The molecule has 2 atom stereocenters. The summed E-state index contributed by atoms with van der Waals surface area (Å²) in [6.45, 7) is 5.70. The van der Waals surface area contributed by atoms with E-state index in [9.17, 15) is 20.2 Å². The van der Waals surface area contributed by atoms with Crippen molar-refractivity contribution in [1.82, 2.24) is 0 Å². The Balaban J connectivity index is 1.96. The third kappa shape index (κ3) is 2.74. The van der Waals surface area contributed by atoms with E-state index < -0.39 is 16.8 Å². The third-order valence-corrected chi connectivity index (χ3v) is 5.49. The molecule has 0 spiro atoms. The predicted molar refractivity (Wildman–Crippen MR) is 99.2 cm³/mol. The molecule has 0 bridgehead atoms. The zero-order valence-electron chi connectivity index (χ0n) is 15.8. The number of rotatable bonds is 2. The van der Waals surface area contributed by atoms with Gasteiger partial charge in [0, 0.05) is 34.9 Å². The zero-order valence-corrected chi connectivity index (χ0v) is 15.8. The number of hydrogen-bond acceptors (Lipinski definition) is 7. The third-order valence-electron chi connectivity index (χ3n) is 5.49. The van der Waals surface area contributed by atoms with Crippen LogP contribution in [0.3, 0.4) is 0 Å². The number of hydrogen-bond donors (Lipinski definition) is 0. The second-order valence-electron chi connectivity index (χ2n) is 8.16. The Bertz CT molecular complexity index is 1020. The minimum absolute atomic E-state index is 0.0240.